The Balaban J connectivity index is 1.69. The second kappa shape index (κ2) is 6.48. The number of ketones is 1. The van der Waals surface area contributed by atoms with Crippen molar-refractivity contribution in [2.24, 2.45) is 0 Å². The number of hydrogen-bond donors (Lipinski definition) is 0. The van der Waals surface area contributed by atoms with Gasteiger partial charge >= 0.3 is 5.97 Å². The highest BCUT2D eigenvalue weighted by Gasteiger charge is 2.44. The second-order valence-electron chi connectivity index (χ2n) is 4.57. The highest BCUT2D eigenvalue weighted by molar-refractivity contribution is 5.99. The van der Waals surface area contributed by atoms with Crippen LogP contribution in [0.5, 0.6) is 0 Å². The molecule has 0 aliphatic carbocycles. The van der Waals surface area contributed by atoms with Crippen LogP contribution in [0.3, 0.4) is 0 Å². The Bertz CT molecular complexity index is 441. The third kappa shape index (κ3) is 4.17. The van der Waals surface area contributed by atoms with Crippen LogP contribution < -0.4 is 0 Å². The number of ether oxygens (including phenoxy) is 2. The predicted molar refractivity (Wildman–Crippen MR) is 69.7 cm³/mol. The van der Waals surface area contributed by atoms with Crippen molar-refractivity contribution in [3.8, 4) is 0 Å². The Hall–Kier alpha value is -1.68. The summed E-state index contributed by atoms with van der Waals surface area (Å²) >= 11 is 0. The molecule has 4 heteroatoms. The molecular weight excluding hydrogens is 244 g/mol. The average molecular weight is 262 g/mol. The Morgan fingerprint density at radius 2 is 2.00 bits per heavy atom. The predicted octanol–water partition coefficient (Wildman–Crippen LogP) is 1.91. The van der Waals surface area contributed by atoms with E-state index in [2.05, 4.69) is 12.1 Å². The number of epoxide rings is 1. The van der Waals surface area contributed by atoms with E-state index in [4.69, 9.17) is 9.47 Å². The molecule has 1 fully saturated rings. The maximum Gasteiger partial charge on any atom is 0.313 e. The lowest BCUT2D eigenvalue weighted by Crippen LogP contribution is -2.17. The van der Waals surface area contributed by atoms with Crippen LogP contribution in [-0.2, 0) is 25.5 Å². The van der Waals surface area contributed by atoms with Crippen molar-refractivity contribution in [1.29, 1.82) is 0 Å². The number of aryl methyl sites for hydroxylation is 1. The van der Waals surface area contributed by atoms with Crippen molar-refractivity contribution in [3.63, 3.8) is 0 Å². The summed E-state index contributed by atoms with van der Waals surface area (Å²) in [6.45, 7) is 2.02. The first-order valence-corrected chi connectivity index (χ1v) is 6.58. The highest BCUT2D eigenvalue weighted by Crippen LogP contribution is 2.28. The monoisotopic (exact) mass is 262 g/mol. The van der Waals surface area contributed by atoms with Gasteiger partial charge in [-0.25, -0.2) is 0 Å². The van der Waals surface area contributed by atoms with Gasteiger partial charge in [0.15, 0.2) is 5.78 Å². The zero-order valence-electron chi connectivity index (χ0n) is 11.0. The van der Waals surface area contributed by atoms with Crippen LogP contribution >= 0.6 is 0 Å². The maximum absolute atomic E-state index is 11.7. The zero-order valence-corrected chi connectivity index (χ0v) is 11.0. The molecule has 1 aliphatic heterocycles. The van der Waals surface area contributed by atoms with Crippen LogP contribution in [0.15, 0.2) is 30.3 Å². The van der Waals surface area contributed by atoms with Crippen LogP contribution in [0.25, 0.3) is 0 Å². The molecule has 1 aliphatic rings. The quantitative estimate of drug-likeness (QED) is 0.428. The summed E-state index contributed by atoms with van der Waals surface area (Å²) in [7, 11) is 0. The Morgan fingerprint density at radius 1 is 1.26 bits per heavy atom. The summed E-state index contributed by atoms with van der Waals surface area (Å²) in [5.41, 5.74) is 1.23. The average Bonchev–Trinajstić information content (AvgIpc) is 3.17. The fraction of sp³-hybridized carbons (Fsp3) is 0.467. The molecule has 1 saturated heterocycles. The molecule has 1 heterocycles. The fourth-order valence-electron chi connectivity index (χ4n) is 2.05. The molecule has 1 aromatic rings. The SMILES string of the molecule is CCOC(=O)CC(=O)[C@@H]1O[C@H]1CCc1ccccc1. The van der Waals surface area contributed by atoms with Crippen LogP contribution in [0, 0.1) is 0 Å². The number of carbonyl (C=O) groups excluding carboxylic acids is 2. The van der Waals surface area contributed by atoms with E-state index in [0.29, 0.717) is 6.61 Å². The van der Waals surface area contributed by atoms with E-state index in [9.17, 15) is 9.59 Å². The summed E-state index contributed by atoms with van der Waals surface area (Å²) in [5.74, 6) is -0.638. The van der Waals surface area contributed by atoms with Crippen molar-refractivity contribution in [3.05, 3.63) is 35.9 Å². The van der Waals surface area contributed by atoms with E-state index in [1.807, 2.05) is 18.2 Å². The number of Topliss-reactive ketones (excluding diaryl/α,β-unsaturated/α-hetero) is 1. The number of hydrogen-bond acceptors (Lipinski definition) is 4. The first-order valence-electron chi connectivity index (χ1n) is 6.58. The largest absolute Gasteiger partial charge is 0.466 e. The molecule has 0 aromatic heterocycles. The van der Waals surface area contributed by atoms with Gasteiger partial charge < -0.3 is 9.47 Å². The number of rotatable bonds is 7. The molecule has 0 N–H and O–H groups in total. The molecule has 0 amide bonds. The molecule has 102 valence electrons. The summed E-state index contributed by atoms with van der Waals surface area (Å²) < 4.78 is 10.1. The normalized spacial score (nSPS) is 20.9. The van der Waals surface area contributed by atoms with Gasteiger partial charge in [-0.15, -0.1) is 0 Å². The van der Waals surface area contributed by atoms with Crippen LogP contribution in [-0.4, -0.2) is 30.6 Å². The third-order valence-electron chi connectivity index (χ3n) is 3.08. The molecule has 1 aromatic carbocycles. The minimum atomic E-state index is -0.468. The first kappa shape index (κ1) is 13.7. The van der Waals surface area contributed by atoms with E-state index >= 15 is 0 Å². The van der Waals surface area contributed by atoms with Crippen molar-refractivity contribution < 1.29 is 19.1 Å². The molecule has 0 saturated carbocycles. The Kier molecular flexibility index (Phi) is 4.68. The molecule has 0 radical (unpaired) electrons. The molecule has 2 rings (SSSR count). The third-order valence-corrected chi connectivity index (χ3v) is 3.08. The lowest BCUT2D eigenvalue weighted by molar-refractivity contribution is -0.145. The number of carbonyl (C=O) groups is 2. The van der Waals surface area contributed by atoms with Gasteiger partial charge in [-0.3, -0.25) is 9.59 Å². The van der Waals surface area contributed by atoms with Crippen LogP contribution in [0.4, 0.5) is 0 Å². The Morgan fingerprint density at radius 3 is 2.68 bits per heavy atom. The fourth-order valence-corrected chi connectivity index (χ4v) is 2.05. The number of benzene rings is 1. The van der Waals surface area contributed by atoms with Crippen molar-refractivity contribution >= 4 is 11.8 Å². The van der Waals surface area contributed by atoms with Gasteiger partial charge in [0.05, 0.1) is 12.7 Å². The van der Waals surface area contributed by atoms with E-state index in [1.54, 1.807) is 6.92 Å². The summed E-state index contributed by atoms with van der Waals surface area (Å²) in [5, 5.41) is 0. The van der Waals surface area contributed by atoms with E-state index in [1.165, 1.54) is 5.56 Å². The molecule has 2 atom stereocenters. The zero-order chi connectivity index (χ0) is 13.7. The minimum absolute atomic E-state index is 0.0397. The van der Waals surface area contributed by atoms with Crippen molar-refractivity contribution in [2.45, 2.75) is 38.4 Å². The van der Waals surface area contributed by atoms with E-state index in [-0.39, 0.29) is 18.3 Å². The first-order chi connectivity index (χ1) is 9.20. The molecule has 0 unspecified atom stereocenters. The summed E-state index contributed by atoms with van der Waals surface area (Å²) in [6, 6.07) is 10.1. The second-order valence-corrected chi connectivity index (χ2v) is 4.57. The smallest absolute Gasteiger partial charge is 0.313 e. The van der Waals surface area contributed by atoms with Gasteiger partial charge in [0.2, 0.25) is 0 Å². The highest BCUT2D eigenvalue weighted by atomic mass is 16.6. The lowest BCUT2D eigenvalue weighted by Gasteiger charge is -1.99. The van der Waals surface area contributed by atoms with E-state index in [0.717, 1.165) is 12.8 Å². The van der Waals surface area contributed by atoms with Gasteiger partial charge in [0.25, 0.3) is 0 Å². The molecule has 0 spiro atoms. The molecule has 4 nitrogen and oxygen atoms in total. The van der Waals surface area contributed by atoms with Crippen molar-refractivity contribution in [2.75, 3.05) is 6.61 Å². The molecule has 0 bridgehead atoms. The topological polar surface area (TPSA) is 55.9 Å². The Labute approximate surface area is 112 Å². The van der Waals surface area contributed by atoms with E-state index < -0.39 is 12.1 Å². The van der Waals surface area contributed by atoms with Crippen LogP contribution in [0.1, 0.15) is 25.3 Å². The number of esters is 1. The van der Waals surface area contributed by atoms with Gasteiger partial charge in [-0.2, -0.15) is 0 Å². The minimum Gasteiger partial charge on any atom is -0.466 e. The lowest BCUT2D eigenvalue weighted by atomic mass is 10.1. The molecule has 19 heavy (non-hydrogen) atoms. The maximum atomic E-state index is 11.7. The molecular formula is C15H18O4. The van der Waals surface area contributed by atoms with Gasteiger partial charge in [-0.05, 0) is 25.3 Å². The van der Waals surface area contributed by atoms with Crippen molar-refractivity contribution in [1.82, 2.24) is 0 Å². The van der Waals surface area contributed by atoms with Gasteiger partial charge in [0, 0.05) is 0 Å². The van der Waals surface area contributed by atoms with Crippen LogP contribution in [0.2, 0.25) is 0 Å². The standard InChI is InChI=1S/C15H18O4/c1-2-18-14(17)10-12(16)15-13(19-15)9-8-11-6-4-3-5-7-11/h3-7,13,15H,2,8-10H2,1H3/t13-,15-/m0/s1. The van der Waals surface area contributed by atoms with Gasteiger partial charge in [0.1, 0.15) is 12.5 Å². The summed E-state index contributed by atoms with van der Waals surface area (Å²) in [4.78, 5) is 22.9. The summed E-state index contributed by atoms with van der Waals surface area (Å²) in [6.07, 6.45) is 1.06. The van der Waals surface area contributed by atoms with Gasteiger partial charge in [-0.1, -0.05) is 30.3 Å².